The van der Waals surface area contributed by atoms with E-state index >= 15 is 0 Å². The molecule has 2 fully saturated rings. The number of carbonyl (C=O) groups is 2. The van der Waals surface area contributed by atoms with Crippen LogP contribution in [0.2, 0.25) is 11.4 Å². The van der Waals surface area contributed by atoms with Crippen LogP contribution in [-0.2, 0) is 18.7 Å². The van der Waals surface area contributed by atoms with E-state index in [-0.39, 0.29) is 41.4 Å². The smallest absolute Gasteiger partial charge is 0.488 e. The molecule has 300 valence electrons. The van der Waals surface area contributed by atoms with E-state index in [1.54, 1.807) is 18.2 Å². The van der Waals surface area contributed by atoms with Crippen LogP contribution in [0.15, 0.2) is 120 Å². The van der Waals surface area contributed by atoms with Gasteiger partial charge >= 0.3 is 14.2 Å². The minimum Gasteiger partial charge on any atom is -0.505 e. The van der Waals surface area contributed by atoms with Crippen LogP contribution in [0.3, 0.4) is 0 Å². The molecule has 0 radical (unpaired) electrons. The predicted octanol–water partition coefficient (Wildman–Crippen LogP) is 5.36. The average Bonchev–Trinajstić information content (AvgIpc) is 3.46. The number of fused-ring (bicyclic) bond motifs is 3. The first-order valence-electron chi connectivity index (χ1n) is 20.1. The number of allylic oxidation sites excluding steroid dienone is 1. The van der Waals surface area contributed by atoms with Crippen LogP contribution < -0.4 is 20.7 Å². The largest absolute Gasteiger partial charge is 0.505 e. The lowest BCUT2D eigenvalue weighted by molar-refractivity contribution is -0.122. The second-order valence-electron chi connectivity index (χ2n) is 16.7. The predicted molar refractivity (Wildman–Crippen MR) is 228 cm³/mol. The first-order chi connectivity index (χ1) is 27.7. The van der Waals surface area contributed by atoms with Gasteiger partial charge in [-0.05, 0) is 99.8 Å². The Balaban J connectivity index is 1.31. The summed E-state index contributed by atoms with van der Waals surface area (Å²) >= 11 is 0. The zero-order valence-corrected chi connectivity index (χ0v) is 34.3. The maximum atomic E-state index is 14.5. The van der Waals surface area contributed by atoms with E-state index in [2.05, 4.69) is 45.0 Å². The van der Waals surface area contributed by atoms with Crippen molar-refractivity contribution in [1.29, 1.82) is 0 Å². The highest BCUT2D eigenvalue weighted by molar-refractivity contribution is 6.99. The van der Waals surface area contributed by atoms with Gasteiger partial charge < -0.3 is 29.3 Å². The Hall–Kier alpha value is -4.62. The highest BCUT2D eigenvalue weighted by Gasteiger charge is 2.58. The normalized spacial score (nSPS) is 21.3. The third-order valence-electron chi connectivity index (χ3n) is 12.1. The van der Waals surface area contributed by atoms with E-state index in [9.17, 15) is 34.2 Å². The number of phenols is 1. The van der Waals surface area contributed by atoms with Gasteiger partial charge in [0.25, 0.3) is 8.32 Å². The summed E-state index contributed by atoms with van der Waals surface area (Å²) < 4.78 is 28.1. The molecule has 4 aromatic rings. The van der Waals surface area contributed by atoms with E-state index in [0.29, 0.717) is 24.8 Å². The molecule has 2 heterocycles. The highest BCUT2D eigenvalue weighted by Crippen LogP contribution is 2.52. The summed E-state index contributed by atoms with van der Waals surface area (Å²) in [4.78, 5) is 30.2. The third-order valence-corrected chi connectivity index (χ3v) is 17.1. The van der Waals surface area contributed by atoms with Crippen molar-refractivity contribution < 1.29 is 43.2 Å². The fraction of sp³-hybridized carbons (Fsp3) is 0.333. The van der Waals surface area contributed by atoms with Crippen molar-refractivity contribution in [3.8, 4) is 5.75 Å². The van der Waals surface area contributed by atoms with Crippen molar-refractivity contribution in [1.82, 2.24) is 0 Å². The number of carbonyl (C=O) groups excluding carboxylic acids is 2. The molecular weight excluding hydrogens is 751 g/mol. The molecule has 2 aliphatic heterocycles. The molecule has 4 N–H and O–H groups in total. The van der Waals surface area contributed by atoms with Gasteiger partial charge in [0.05, 0.1) is 30.2 Å². The monoisotopic (exact) mass is 801 g/mol. The van der Waals surface area contributed by atoms with E-state index in [4.69, 9.17) is 9.08 Å². The standard InChI is InChI=1S/C45H50B2FNO8Si/c1-5-29(23-30-19-21-39(50)38(48)24-30)20-22-40-41-31(28-56-58(45(2,3)4,34-15-8-6-9-16-34)35-17-10-7-11-18-35)25-36-42(37(41)27-46(53)57-40)44(52)49(43(36)51)33-14-12-13-32(26-33)47(54)55/h6-19,21,23-24,26,36-37,40,42,50,53-55H,5,20,22,25,27-28H2,1-4H3/b29-23+/t36-,37+,40-,42-/m1/s1. The second kappa shape index (κ2) is 16.9. The quantitative estimate of drug-likeness (QED) is 0.0855. The van der Waals surface area contributed by atoms with Crippen molar-refractivity contribution in [2.24, 2.45) is 17.8 Å². The Morgan fingerprint density at radius 3 is 2.22 bits per heavy atom. The van der Waals surface area contributed by atoms with Crippen LogP contribution in [0, 0.1) is 23.6 Å². The van der Waals surface area contributed by atoms with Gasteiger partial charge in [-0.2, -0.15) is 0 Å². The Morgan fingerprint density at radius 1 is 0.948 bits per heavy atom. The molecule has 3 aliphatic rings. The van der Waals surface area contributed by atoms with Gasteiger partial charge in [0.15, 0.2) is 11.6 Å². The molecule has 0 spiro atoms. The minimum atomic E-state index is -3.06. The highest BCUT2D eigenvalue weighted by atomic mass is 28.4. The number of phenolic OH excluding ortho intramolecular Hbond substituents is 1. The van der Waals surface area contributed by atoms with Crippen molar-refractivity contribution in [3.05, 3.63) is 131 Å². The number of imide groups is 1. The summed E-state index contributed by atoms with van der Waals surface area (Å²) in [7, 11) is -6.03. The molecule has 0 aromatic heterocycles. The molecule has 0 bridgehead atoms. The summed E-state index contributed by atoms with van der Waals surface area (Å²) in [5.74, 6) is -3.94. The first kappa shape index (κ1) is 41.5. The minimum absolute atomic E-state index is 0.112. The number of hydrogen-bond donors (Lipinski definition) is 4. The first-order valence-corrected chi connectivity index (χ1v) is 22.0. The van der Waals surface area contributed by atoms with Gasteiger partial charge in [0, 0.05) is 0 Å². The number of halogens is 1. The van der Waals surface area contributed by atoms with Crippen LogP contribution in [0.5, 0.6) is 5.75 Å². The fourth-order valence-corrected chi connectivity index (χ4v) is 14.0. The molecule has 4 atom stereocenters. The molecule has 13 heteroatoms. The molecule has 0 unspecified atom stereocenters. The summed E-state index contributed by atoms with van der Waals surface area (Å²) in [6, 6.07) is 31.0. The molecular formula is C45H50B2FNO8Si. The molecule has 1 aliphatic carbocycles. The molecule has 7 rings (SSSR count). The van der Waals surface area contributed by atoms with Gasteiger partial charge in [0.1, 0.15) is 0 Å². The topological polar surface area (TPSA) is 137 Å². The Kier molecular flexibility index (Phi) is 12.1. The summed E-state index contributed by atoms with van der Waals surface area (Å²) in [6.07, 6.45) is 3.30. The molecule has 2 amide bonds. The molecule has 4 aromatic carbocycles. The number of benzene rings is 4. The number of rotatable bonds is 12. The van der Waals surface area contributed by atoms with Gasteiger partial charge in [-0.25, -0.2) is 4.39 Å². The summed E-state index contributed by atoms with van der Waals surface area (Å²) in [5, 5.41) is 42.8. The average molecular weight is 802 g/mol. The Morgan fingerprint density at radius 2 is 1.62 bits per heavy atom. The summed E-state index contributed by atoms with van der Waals surface area (Å²) in [6.45, 7) is 8.79. The van der Waals surface area contributed by atoms with E-state index in [1.807, 2.05) is 49.4 Å². The second-order valence-corrected chi connectivity index (χ2v) is 21.0. The number of anilines is 1. The van der Waals surface area contributed by atoms with Crippen LogP contribution in [0.4, 0.5) is 10.1 Å². The molecule has 0 saturated carbocycles. The van der Waals surface area contributed by atoms with Crippen LogP contribution in [-0.4, -0.2) is 67.3 Å². The van der Waals surface area contributed by atoms with E-state index < -0.39 is 63.9 Å². The van der Waals surface area contributed by atoms with Crippen LogP contribution >= 0.6 is 0 Å². The third kappa shape index (κ3) is 7.91. The Bertz CT molecular complexity index is 2170. The van der Waals surface area contributed by atoms with Gasteiger partial charge in [0.2, 0.25) is 11.8 Å². The Labute approximate surface area is 341 Å². The zero-order chi connectivity index (χ0) is 41.4. The lowest BCUT2D eigenvalue weighted by Crippen LogP contribution is -2.66. The maximum Gasteiger partial charge on any atom is 0.488 e. The number of amides is 2. The van der Waals surface area contributed by atoms with Gasteiger partial charge in [-0.1, -0.05) is 118 Å². The van der Waals surface area contributed by atoms with Gasteiger partial charge in [-0.3, -0.25) is 14.5 Å². The lowest BCUT2D eigenvalue weighted by atomic mass is 9.58. The van der Waals surface area contributed by atoms with Crippen molar-refractivity contribution in [3.63, 3.8) is 0 Å². The molecule has 9 nitrogen and oxygen atoms in total. The van der Waals surface area contributed by atoms with Crippen molar-refractivity contribution >= 4 is 62.0 Å². The van der Waals surface area contributed by atoms with E-state index in [0.717, 1.165) is 32.0 Å². The fourth-order valence-electron chi connectivity index (χ4n) is 9.45. The number of nitrogens with zero attached hydrogens (tertiary/aromatic N) is 1. The van der Waals surface area contributed by atoms with Gasteiger partial charge in [-0.15, -0.1) is 0 Å². The lowest BCUT2D eigenvalue weighted by Gasteiger charge is -2.46. The van der Waals surface area contributed by atoms with Crippen molar-refractivity contribution in [2.75, 3.05) is 11.5 Å². The number of hydrogen-bond acceptors (Lipinski definition) is 8. The zero-order valence-electron chi connectivity index (χ0n) is 33.3. The van der Waals surface area contributed by atoms with Crippen LogP contribution in [0.25, 0.3) is 6.08 Å². The van der Waals surface area contributed by atoms with Crippen LogP contribution in [0.1, 0.15) is 58.9 Å². The molecule has 58 heavy (non-hydrogen) atoms. The van der Waals surface area contributed by atoms with E-state index in [1.165, 1.54) is 24.3 Å². The maximum absolute atomic E-state index is 14.5. The SMILES string of the molecule is CC/C(=C\c1ccc(O)c(F)c1)CC[C@H]1OB(O)C[C@H]2C1=C(CO[Si](c1ccccc1)(c1ccccc1)C(C)(C)C)C[C@H]1C(=O)N(c3cccc(B(O)O)c3)C(=O)[C@H]12. The molecule has 2 saturated heterocycles. The van der Waals surface area contributed by atoms with Crippen molar-refractivity contribution in [2.45, 2.75) is 70.8 Å². The number of aromatic hydroxyl groups is 1. The summed E-state index contributed by atoms with van der Waals surface area (Å²) in [5.41, 5.74) is 3.78.